The van der Waals surface area contributed by atoms with Gasteiger partial charge in [0.15, 0.2) is 0 Å². The van der Waals surface area contributed by atoms with Crippen molar-refractivity contribution in [2.45, 2.75) is 64.4 Å². The van der Waals surface area contributed by atoms with E-state index in [0.29, 0.717) is 25.5 Å². The minimum atomic E-state index is -0.517. The van der Waals surface area contributed by atoms with Gasteiger partial charge in [0.25, 0.3) is 0 Å². The van der Waals surface area contributed by atoms with Gasteiger partial charge in [-0.25, -0.2) is 4.98 Å². The fourth-order valence-electron chi connectivity index (χ4n) is 3.70. The number of hydrogen-bond donors (Lipinski definition) is 1. The van der Waals surface area contributed by atoms with Crippen LogP contribution >= 0.6 is 0 Å². The second kappa shape index (κ2) is 7.09. The first-order chi connectivity index (χ1) is 11.5. The molecule has 0 atom stereocenters. The summed E-state index contributed by atoms with van der Waals surface area (Å²) in [4.78, 5) is 18.7. The molecule has 1 aromatic rings. The molecule has 1 aliphatic carbocycles. The number of fused-ring (bicyclic) bond motifs is 1. The van der Waals surface area contributed by atoms with Crippen LogP contribution in [0.1, 0.15) is 57.9 Å². The van der Waals surface area contributed by atoms with Crippen molar-refractivity contribution in [2.24, 2.45) is 5.92 Å². The molecule has 0 radical (unpaired) electrons. The van der Waals surface area contributed by atoms with Crippen LogP contribution in [0.25, 0.3) is 0 Å². The maximum atomic E-state index is 12.4. The topological polar surface area (TPSA) is 62.7 Å². The summed E-state index contributed by atoms with van der Waals surface area (Å²) in [6.07, 6.45) is 7.45. The van der Waals surface area contributed by atoms with Gasteiger partial charge in [0.1, 0.15) is 11.6 Å². The predicted octanol–water partition coefficient (Wildman–Crippen LogP) is 3.09. The number of unbranched alkanes of at least 4 members (excludes halogenated alkanes) is 1. The summed E-state index contributed by atoms with van der Waals surface area (Å²) < 4.78 is 5.73. The maximum Gasteiger partial charge on any atom is 0.228 e. The Morgan fingerprint density at radius 2 is 2.17 bits per heavy atom. The first-order valence-corrected chi connectivity index (χ1v) is 9.19. The van der Waals surface area contributed by atoms with Gasteiger partial charge in [0.2, 0.25) is 5.91 Å². The van der Waals surface area contributed by atoms with Crippen molar-refractivity contribution in [3.63, 3.8) is 0 Å². The van der Waals surface area contributed by atoms with E-state index < -0.39 is 5.60 Å². The third-order valence-electron chi connectivity index (χ3n) is 5.29. The number of carbonyl (C=O) groups is 1. The highest BCUT2D eigenvalue weighted by molar-refractivity contribution is 5.95. The highest BCUT2D eigenvalue weighted by Crippen LogP contribution is 2.41. The zero-order valence-corrected chi connectivity index (χ0v) is 14.8. The summed E-state index contributed by atoms with van der Waals surface area (Å²) in [7, 11) is 0. The Balaban J connectivity index is 1.68. The molecule has 1 aliphatic heterocycles. The van der Waals surface area contributed by atoms with E-state index in [4.69, 9.17) is 4.74 Å². The van der Waals surface area contributed by atoms with Crippen molar-refractivity contribution in [1.82, 2.24) is 4.98 Å². The molecule has 1 aromatic heterocycles. The van der Waals surface area contributed by atoms with E-state index in [-0.39, 0.29) is 5.91 Å². The van der Waals surface area contributed by atoms with E-state index in [1.54, 1.807) is 6.20 Å². The lowest BCUT2D eigenvalue weighted by molar-refractivity contribution is -0.120. The van der Waals surface area contributed by atoms with Crippen molar-refractivity contribution >= 4 is 11.7 Å². The van der Waals surface area contributed by atoms with Crippen molar-refractivity contribution in [2.75, 3.05) is 18.1 Å². The van der Waals surface area contributed by atoms with Crippen LogP contribution in [0.4, 0.5) is 5.82 Å². The van der Waals surface area contributed by atoms with Crippen LogP contribution < -0.4 is 9.64 Å². The number of hydrogen-bond acceptors (Lipinski definition) is 4. The van der Waals surface area contributed by atoms with E-state index in [1.807, 2.05) is 17.9 Å². The summed E-state index contributed by atoms with van der Waals surface area (Å²) in [6, 6.07) is 2.03. The summed E-state index contributed by atoms with van der Waals surface area (Å²) in [5.74, 6) is 2.08. The molecule has 0 bridgehead atoms. The van der Waals surface area contributed by atoms with Gasteiger partial charge in [-0.15, -0.1) is 0 Å². The normalized spacial score (nSPS) is 26.0. The maximum absolute atomic E-state index is 12.4. The zero-order valence-electron chi connectivity index (χ0n) is 14.8. The largest absolute Gasteiger partial charge is 0.492 e. The van der Waals surface area contributed by atoms with Gasteiger partial charge in [0.05, 0.1) is 18.4 Å². The highest BCUT2D eigenvalue weighted by Gasteiger charge is 2.42. The number of pyridine rings is 1. The smallest absolute Gasteiger partial charge is 0.228 e. The van der Waals surface area contributed by atoms with Crippen molar-refractivity contribution < 1.29 is 14.6 Å². The van der Waals surface area contributed by atoms with Crippen molar-refractivity contribution in [1.29, 1.82) is 0 Å². The molecule has 0 saturated heterocycles. The molecular weight excluding hydrogens is 304 g/mol. The van der Waals surface area contributed by atoms with Gasteiger partial charge in [0, 0.05) is 13.0 Å². The molecule has 2 aliphatic rings. The number of aryl methyl sites for hydroxylation is 1. The SMILES string of the molecule is CCCCOc1cnc2c(c1)CCC(=O)N2C[C@H]1C[C@](O)(CC)C1. The molecule has 0 spiro atoms. The first-order valence-electron chi connectivity index (χ1n) is 9.19. The summed E-state index contributed by atoms with van der Waals surface area (Å²) >= 11 is 0. The van der Waals surface area contributed by atoms with Gasteiger partial charge in [-0.1, -0.05) is 20.3 Å². The minimum Gasteiger partial charge on any atom is -0.492 e. The summed E-state index contributed by atoms with van der Waals surface area (Å²) in [5.41, 5.74) is 0.574. The second-order valence-electron chi connectivity index (χ2n) is 7.21. The quantitative estimate of drug-likeness (QED) is 0.779. The lowest BCUT2D eigenvalue weighted by atomic mass is 9.69. The van der Waals surface area contributed by atoms with E-state index >= 15 is 0 Å². The average Bonchev–Trinajstić information content (AvgIpc) is 2.55. The lowest BCUT2D eigenvalue weighted by Gasteiger charge is -2.45. The number of amides is 1. The molecule has 3 rings (SSSR count). The van der Waals surface area contributed by atoms with Crippen LogP contribution in [0.3, 0.4) is 0 Å². The Hall–Kier alpha value is -1.62. The number of anilines is 1. The first kappa shape index (κ1) is 17.2. The Morgan fingerprint density at radius 1 is 1.38 bits per heavy atom. The molecular formula is C19H28N2O3. The molecule has 0 aromatic carbocycles. The summed E-state index contributed by atoms with van der Waals surface area (Å²) in [5, 5.41) is 10.2. The summed E-state index contributed by atoms with van der Waals surface area (Å²) in [6.45, 7) is 5.52. The number of rotatable bonds is 7. The monoisotopic (exact) mass is 332 g/mol. The lowest BCUT2D eigenvalue weighted by Crippen LogP contribution is -2.50. The van der Waals surface area contributed by atoms with E-state index in [2.05, 4.69) is 11.9 Å². The number of carbonyl (C=O) groups excluding carboxylic acids is 1. The van der Waals surface area contributed by atoms with Gasteiger partial charge in [-0.2, -0.15) is 0 Å². The standard InChI is InChI=1S/C19H28N2O3/c1-3-5-8-24-16-9-15-6-7-17(22)21(18(15)20-12-16)13-14-10-19(23,4-2)11-14/h9,12,14,23H,3-8,10-11,13H2,1-2H3/t14-,19+. The Morgan fingerprint density at radius 3 is 2.88 bits per heavy atom. The fraction of sp³-hybridized carbons (Fsp3) is 0.684. The minimum absolute atomic E-state index is 0.140. The van der Waals surface area contributed by atoms with Crippen molar-refractivity contribution in [3.05, 3.63) is 17.8 Å². The molecule has 1 N–H and O–H groups in total. The number of ether oxygens (including phenoxy) is 1. The average molecular weight is 332 g/mol. The molecule has 5 heteroatoms. The van der Waals surface area contributed by atoms with Gasteiger partial charge in [-0.05, 0) is 49.7 Å². The third-order valence-corrected chi connectivity index (χ3v) is 5.29. The molecule has 1 saturated carbocycles. The fourth-order valence-corrected chi connectivity index (χ4v) is 3.70. The van der Waals surface area contributed by atoms with Gasteiger partial charge >= 0.3 is 0 Å². The van der Waals surface area contributed by atoms with Gasteiger partial charge in [-0.3, -0.25) is 9.69 Å². The van der Waals surface area contributed by atoms with Crippen LogP contribution in [0.5, 0.6) is 5.75 Å². The van der Waals surface area contributed by atoms with E-state index in [9.17, 15) is 9.90 Å². The van der Waals surface area contributed by atoms with Crippen LogP contribution in [0, 0.1) is 5.92 Å². The zero-order chi connectivity index (χ0) is 17.2. The van der Waals surface area contributed by atoms with Crippen LogP contribution in [-0.2, 0) is 11.2 Å². The molecule has 2 heterocycles. The Bertz CT molecular complexity index is 596. The van der Waals surface area contributed by atoms with Crippen LogP contribution in [0.15, 0.2) is 12.3 Å². The molecule has 1 fully saturated rings. The van der Waals surface area contributed by atoms with Crippen LogP contribution in [-0.4, -0.2) is 34.8 Å². The number of aliphatic hydroxyl groups is 1. The predicted molar refractivity (Wildman–Crippen MR) is 93.3 cm³/mol. The van der Waals surface area contributed by atoms with E-state index in [0.717, 1.165) is 55.7 Å². The molecule has 24 heavy (non-hydrogen) atoms. The molecule has 0 unspecified atom stereocenters. The van der Waals surface area contributed by atoms with Gasteiger partial charge < -0.3 is 9.84 Å². The second-order valence-corrected chi connectivity index (χ2v) is 7.21. The number of aromatic nitrogens is 1. The third kappa shape index (κ3) is 3.56. The number of nitrogens with zero attached hydrogens (tertiary/aromatic N) is 2. The Kier molecular flexibility index (Phi) is 5.09. The molecule has 1 amide bonds. The van der Waals surface area contributed by atoms with Crippen LogP contribution in [0.2, 0.25) is 0 Å². The molecule has 5 nitrogen and oxygen atoms in total. The Labute approximate surface area is 144 Å². The molecule has 132 valence electrons. The highest BCUT2D eigenvalue weighted by atomic mass is 16.5. The van der Waals surface area contributed by atoms with E-state index in [1.165, 1.54) is 0 Å². The van der Waals surface area contributed by atoms with Crippen molar-refractivity contribution in [3.8, 4) is 5.75 Å².